The van der Waals surface area contributed by atoms with Gasteiger partial charge < -0.3 is 10.1 Å². The van der Waals surface area contributed by atoms with E-state index in [1.165, 1.54) is 11.1 Å². The van der Waals surface area contributed by atoms with E-state index in [1.807, 2.05) is 24.3 Å². The Morgan fingerprint density at radius 2 is 1.48 bits per heavy atom. The van der Waals surface area contributed by atoms with E-state index in [-0.39, 0.29) is 6.10 Å². The lowest BCUT2D eigenvalue weighted by Crippen LogP contribution is -2.04. The van der Waals surface area contributed by atoms with Crippen molar-refractivity contribution in [2.45, 2.75) is 25.7 Å². The van der Waals surface area contributed by atoms with Crippen molar-refractivity contribution in [3.05, 3.63) is 109 Å². The second kappa shape index (κ2) is 9.05. The van der Waals surface area contributed by atoms with Crippen LogP contribution in [0.15, 0.2) is 84.9 Å². The smallest absolute Gasteiger partial charge is 0.0829 e. The van der Waals surface area contributed by atoms with E-state index in [9.17, 15) is 0 Å². The highest BCUT2D eigenvalue weighted by Crippen LogP contribution is 2.23. The van der Waals surface area contributed by atoms with E-state index in [2.05, 4.69) is 72.9 Å². The molecule has 1 radical (unpaired) electrons. The third-order valence-corrected chi connectivity index (χ3v) is 4.15. The maximum absolute atomic E-state index is 6.09. The molecule has 0 fully saturated rings. The average Bonchev–Trinajstić information content (AvgIpc) is 2.69. The summed E-state index contributed by atoms with van der Waals surface area (Å²) >= 11 is 0. The SMILES string of the molecule is [CH2]CC(OCc1cccc(NCc2ccccc2)c1)c1ccccc1. The van der Waals surface area contributed by atoms with Crippen molar-refractivity contribution in [1.29, 1.82) is 0 Å². The molecule has 0 saturated carbocycles. The van der Waals surface area contributed by atoms with Crippen molar-refractivity contribution in [3.8, 4) is 0 Å². The lowest BCUT2D eigenvalue weighted by atomic mass is 10.1. The van der Waals surface area contributed by atoms with Gasteiger partial charge in [-0.3, -0.25) is 0 Å². The summed E-state index contributed by atoms with van der Waals surface area (Å²) < 4.78 is 6.09. The first kappa shape index (κ1) is 17.2. The molecule has 0 aliphatic carbocycles. The van der Waals surface area contributed by atoms with Gasteiger partial charge in [0.25, 0.3) is 0 Å². The highest BCUT2D eigenvalue weighted by atomic mass is 16.5. The summed E-state index contributed by atoms with van der Waals surface area (Å²) in [5.74, 6) is 0. The minimum atomic E-state index is 0.0298. The second-order valence-corrected chi connectivity index (χ2v) is 6.04. The molecule has 25 heavy (non-hydrogen) atoms. The van der Waals surface area contributed by atoms with Crippen LogP contribution in [0.3, 0.4) is 0 Å². The van der Waals surface area contributed by atoms with Crippen LogP contribution in [0.25, 0.3) is 0 Å². The fourth-order valence-corrected chi connectivity index (χ4v) is 2.78. The van der Waals surface area contributed by atoms with Crippen LogP contribution in [0.1, 0.15) is 29.2 Å². The molecule has 2 heteroatoms. The topological polar surface area (TPSA) is 21.3 Å². The van der Waals surface area contributed by atoms with Crippen molar-refractivity contribution >= 4 is 5.69 Å². The maximum atomic E-state index is 6.09. The molecule has 0 aliphatic heterocycles. The van der Waals surface area contributed by atoms with Crippen molar-refractivity contribution < 1.29 is 4.74 Å². The highest BCUT2D eigenvalue weighted by Gasteiger charge is 2.09. The van der Waals surface area contributed by atoms with Crippen LogP contribution in [-0.2, 0) is 17.9 Å². The molecule has 0 amide bonds. The largest absolute Gasteiger partial charge is 0.381 e. The number of anilines is 1. The van der Waals surface area contributed by atoms with Gasteiger partial charge in [-0.1, -0.05) is 79.7 Å². The molecule has 0 heterocycles. The summed E-state index contributed by atoms with van der Waals surface area (Å²) in [6, 6.07) is 29.1. The van der Waals surface area contributed by atoms with Crippen LogP contribution in [0, 0.1) is 6.92 Å². The first-order valence-electron chi connectivity index (χ1n) is 8.67. The van der Waals surface area contributed by atoms with E-state index < -0.39 is 0 Å². The van der Waals surface area contributed by atoms with Crippen LogP contribution < -0.4 is 5.32 Å². The van der Waals surface area contributed by atoms with Crippen molar-refractivity contribution in [3.63, 3.8) is 0 Å². The lowest BCUT2D eigenvalue weighted by Gasteiger charge is -2.17. The van der Waals surface area contributed by atoms with Crippen molar-refractivity contribution in [1.82, 2.24) is 0 Å². The normalized spacial score (nSPS) is 11.9. The van der Waals surface area contributed by atoms with Gasteiger partial charge in [0.2, 0.25) is 0 Å². The summed E-state index contributed by atoms with van der Waals surface area (Å²) in [4.78, 5) is 0. The Balaban J connectivity index is 1.58. The molecule has 2 nitrogen and oxygen atoms in total. The van der Waals surface area contributed by atoms with Crippen LogP contribution in [0.2, 0.25) is 0 Å². The lowest BCUT2D eigenvalue weighted by molar-refractivity contribution is 0.0413. The van der Waals surface area contributed by atoms with Crippen LogP contribution in [0.5, 0.6) is 0 Å². The fraction of sp³-hybridized carbons (Fsp3) is 0.174. The highest BCUT2D eigenvalue weighted by molar-refractivity contribution is 5.46. The maximum Gasteiger partial charge on any atom is 0.0829 e. The number of hydrogen-bond donors (Lipinski definition) is 1. The summed E-state index contributed by atoms with van der Waals surface area (Å²) in [6.07, 6.45) is 0.748. The standard InChI is InChI=1S/C23H24NO/c1-2-23(21-13-7-4-8-14-21)25-18-20-12-9-15-22(16-20)24-17-19-10-5-3-6-11-19/h3-16,23-24H,1-2,17-18H2. The Labute approximate surface area is 150 Å². The summed E-state index contributed by atoms with van der Waals surface area (Å²) in [6.45, 7) is 5.41. The second-order valence-electron chi connectivity index (χ2n) is 6.04. The van der Waals surface area contributed by atoms with Crippen LogP contribution >= 0.6 is 0 Å². The third kappa shape index (κ3) is 5.20. The monoisotopic (exact) mass is 330 g/mol. The fourth-order valence-electron chi connectivity index (χ4n) is 2.78. The molecule has 0 aromatic heterocycles. The first-order chi connectivity index (χ1) is 12.3. The van der Waals surface area contributed by atoms with Crippen molar-refractivity contribution in [2.24, 2.45) is 0 Å². The molecule has 1 unspecified atom stereocenters. The molecular weight excluding hydrogens is 306 g/mol. The molecule has 0 bridgehead atoms. The zero-order valence-corrected chi connectivity index (χ0v) is 14.4. The molecule has 1 atom stereocenters. The van der Waals surface area contributed by atoms with Gasteiger partial charge in [-0.15, -0.1) is 0 Å². The average molecular weight is 330 g/mol. The molecule has 3 rings (SSSR count). The minimum Gasteiger partial charge on any atom is -0.381 e. The zero-order valence-electron chi connectivity index (χ0n) is 14.4. The molecule has 1 N–H and O–H groups in total. The number of hydrogen-bond acceptors (Lipinski definition) is 2. The van der Waals surface area contributed by atoms with Gasteiger partial charge in [0.15, 0.2) is 0 Å². The van der Waals surface area contributed by atoms with E-state index in [1.54, 1.807) is 0 Å². The minimum absolute atomic E-state index is 0.0298. The molecule has 3 aromatic carbocycles. The summed E-state index contributed by atoms with van der Waals surface area (Å²) in [7, 11) is 0. The van der Waals surface area contributed by atoms with E-state index in [0.717, 1.165) is 24.2 Å². The Morgan fingerprint density at radius 3 is 2.20 bits per heavy atom. The van der Waals surface area contributed by atoms with Gasteiger partial charge in [0.1, 0.15) is 0 Å². The van der Waals surface area contributed by atoms with Crippen molar-refractivity contribution in [2.75, 3.05) is 5.32 Å². The number of rotatable bonds is 8. The number of benzene rings is 3. The predicted octanol–water partition coefficient (Wildman–Crippen LogP) is 5.78. The quantitative estimate of drug-likeness (QED) is 0.565. The summed E-state index contributed by atoms with van der Waals surface area (Å²) in [5.41, 5.74) is 4.71. The van der Waals surface area contributed by atoms with E-state index in [4.69, 9.17) is 4.74 Å². The number of ether oxygens (including phenoxy) is 1. The molecule has 0 aliphatic rings. The Hall–Kier alpha value is -2.58. The predicted molar refractivity (Wildman–Crippen MR) is 104 cm³/mol. The van der Waals surface area contributed by atoms with Gasteiger partial charge in [0.05, 0.1) is 12.7 Å². The van der Waals surface area contributed by atoms with Gasteiger partial charge in [0, 0.05) is 12.2 Å². The molecule has 3 aromatic rings. The Morgan fingerprint density at radius 1 is 0.800 bits per heavy atom. The van der Waals surface area contributed by atoms with Gasteiger partial charge in [-0.25, -0.2) is 0 Å². The van der Waals surface area contributed by atoms with E-state index >= 15 is 0 Å². The van der Waals surface area contributed by atoms with Gasteiger partial charge in [-0.2, -0.15) is 0 Å². The molecule has 127 valence electrons. The Kier molecular flexibility index (Phi) is 6.24. The van der Waals surface area contributed by atoms with Gasteiger partial charge in [-0.05, 0) is 35.2 Å². The molecule has 0 spiro atoms. The van der Waals surface area contributed by atoms with Crippen LogP contribution in [0.4, 0.5) is 5.69 Å². The van der Waals surface area contributed by atoms with Crippen LogP contribution in [-0.4, -0.2) is 0 Å². The molecule has 0 saturated heterocycles. The third-order valence-electron chi connectivity index (χ3n) is 4.15. The zero-order chi connectivity index (χ0) is 17.3. The molecular formula is C23H24NO. The summed E-state index contributed by atoms with van der Waals surface area (Å²) in [5, 5.41) is 3.47. The number of nitrogens with one attached hydrogen (secondary N) is 1. The Bertz CT molecular complexity index is 755. The first-order valence-corrected chi connectivity index (χ1v) is 8.67. The van der Waals surface area contributed by atoms with E-state index in [0.29, 0.717) is 6.61 Å². The van der Waals surface area contributed by atoms with Gasteiger partial charge >= 0.3 is 0 Å².